The SMILES string of the molecule is c1ccc2c(c1)CC2CNCc1cccc2c1OCO2. The van der Waals surface area contributed by atoms with Crippen molar-refractivity contribution in [2.24, 2.45) is 0 Å². The zero-order chi connectivity index (χ0) is 13.4. The van der Waals surface area contributed by atoms with Crippen molar-refractivity contribution in [3.63, 3.8) is 0 Å². The van der Waals surface area contributed by atoms with Gasteiger partial charge in [0.1, 0.15) is 0 Å². The van der Waals surface area contributed by atoms with Crippen LogP contribution in [0.2, 0.25) is 0 Å². The molecule has 0 saturated carbocycles. The van der Waals surface area contributed by atoms with Gasteiger partial charge in [-0.15, -0.1) is 0 Å². The molecule has 2 aromatic carbocycles. The molecule has 1 atom stereocenters. The fraction of sp³-hybridized carbons (Fsp3) is 0.294. The molecular weight excluding hydrogens is 250 g/mol. The van der Waals surface area contributed by atoms with Gasteiger partial charge < -0.3 is 14.8 Å². The first kappa shape index (κ1) is 11.8. The van der Waals surface area contributed by atoms with Crippen molar-refractivity contribution in [2.75, 3.05) is 13.3 Å². The average Bonchev–Trinajstić information content (AvgIpc) is 2.93. The van der Waals surface area contributed by atoms with E-state index in [0.717, 1.165) is 24.6 Å². The number of hydrogen-bond acceptors (Lipinski definition) is 3. The molecule has 0 radical (unpaired) electrons. The van der Waals surface area contributed by atoms with E-state index in [1.807, 2.05) is 12.1 Å². The molecule has 1 heterocycles. The molecule has 1 aliphatic carbocycles. The molecule has 0 aromatic heterocycles. The summed E-state index contributed by atoms with van der Waals surface area (Å²) in [5.41, 5.74) is 4.17. The molecule has 20 heavy (non-hydrogen) atoms. The van der Waals surface area contributed by atoms with Crippen LogP contribution in [0.25, 0.3) is 0 Å². The van der Waals surface area contributed by atoms with Crippen LogP contribution in [-0.2, 0) is 13.0 Å². The van der Waals surface area contributed by atoms with Crippen LogP contribution in [0.4, 0.5) is 0 Å². The Bertz CT molecular complexity index is 639. The summed E-state index contributed by atoms with van der Waals surface area (Å²) in [6.45, 7) is 2.18. The third-order valence-corrected chi connectivity index (χ3v) is 4.15. The van der Waals surface area contributed by atoms with Gasteiger partial charge >= 0.3 is 0 Å². The van der Waals surface area contributed by atoms with Crippen molar-refractivity contribution in [2.45, 2.75) is 18.9 Å². The van der Waals surface area contributed by atoms with Gasteiger partial charge in [-0.3, -0.25) is 0 Å². The van der Waals surface area contributed by atoms with E-state index >= 15 is 0 Å². The van der Waals surface area contributed by atoms with Gasteiger partial charge in [0.2, 0.25) is 6.79 Å². The second-order valence-electron chi connectivity index (χ2n) is 5.38. The molecule has 3 nitrogen and oxygen atoms in total. The van der Waals surface area contributed by atoms with Gasteiger partial charge in [-0.05, 0) is 23.6 Å². The van der Waals surface area contributed by atoms with Crippen LogP contribution in [0.3, 0.4) is 0 Å². The largest absolute Gasteiger partial charge is 0.454 e. The summed E-state index contributed by atoms with van der Waals surface area (Å²) in [4.78, 5) is 0. The maximum absolute atomic E-state index is 5.52. The summed E-state index contributed by atoms with van der Waals surface area (Å²) >= 11 is 0. The number of fused-ring (bicyclic) bond motifs is 2. The lowest BCUT2D eigenvalue weighted by atomic mass is 9.77. The smallest absolute Gasteiger partial charge is 0.231 e. The van der Waals surface area contributed by atoms with E-state index in [1.54, 1.807) is 0 Å². The number of ether oxygens (including phenoxy) is 2. The lowest BCUT2D eigenvalue weighted by molar-refractivity contribution is 0.173. The highest BCUT2D eigenvalue weighted by atomic mass is 16.7. The molecule has 102 valence electrons. The summed E-state index contributed by atoms with van der Waals surface area (Å²) in [5.74, 6) is 2.41. The Hall–Kier alpha value is -2.00. The van der Waals surface area contributed by atoms with Gasteiger partial charge in [0.05, 0.1) is 0 Å². The fourth-order valence-corrected chi connectivity index (χ4v) is 3.06. The van der Waals surface area contributed by atoms with Crippen molar-refractivity contribution in [1.82, 2.24) is 5.32 Å². The monoisotopic (exact) mass is 267 g/mol. The van der Waals surface area contributed by atoms with Crippen molar-refractivity contribution in [1.29, 1.82) is 0 Å². The van der Waals surface area contributed by atoms with Crippen LogP contribution in [0.1, 0.15) is 22.6 Å². The molecule has 3 heteroatoms. The van der Waals surface area contributed by atoms with Crippen LogP contribution in [-0.4, -0.2) is 13.3 Å². The fourth-order valence-electron chi connectivity index (χ4n) is 3.06. The molecule has 0 amide bonds. The van der Waals surface area contributed by atoms with Gasteiger partial charge in [0.15, 0.2) is 11.5 Å². The molecule has 0 spiro atoms. The Balaban J connectivity index is 1.38. The number of nitrogens with one attached hydrogen (secondary N) is 1. The van der Waals surface area contributed by atoms with Crippen molar-refractivity contribution >= 4 is 0 Å². The first-order valence-corrected chi connectivity index (χ1v) is 7.08. The van der Waals surface area contributed by atoms with Crippen LogP contribution >= 0.6 is 0 Å². The second-order valence-corrected chi connectivity index (χ2v) is 5.38. The first-order valence-electron chi connectivity index (χ1n) is 7.08. The van der Waals surface area contributed by atoms with E-state index in [9.17, 15) is 0 Å². The third-order valence-electron chi connectivity index (χ3n) is 4.15. The van der Waals surface area contributed by atoms with Crippen LogP contribution in [0, 0.1) is 0 Å². The highest BCUT2D eigenvalue weighted by Crippen LogP contribution is 2.36. The molecule has 0 bridgehead atoms. The summed E-state index contributed by atoms with van der Waals surface area (Å²) in [6, 6.07) is 14.8. The Morgan fingerprint density at radius 3 is 2.95 bits per heavy atom. The molecule has 1 unspecified atom stereocenters. The van der Waals surface area contributed by atoms with E-state index in [0.29, 0.717) is 12.7 Å². The minimum atomic E-state index is 0.336. The summed E-state index contributed by atoms with van der Waals surface area (Å²) in [7, 11) is 0. The molecule has 2 aliphatic rings. The Morgan fingerprint density at radius 2 is 2.00 bits per heavy atom. The molecule has 0 saturated heterocycles. The maximum Gasteiger partial charge on any atom is 0.231 e. The van der Waals surface area contributed by atoms with Crippen LogP contribution in [0.5, 0.6) is 11.5 Å². The van der Waals surface area contributed by atoms with E-state index < -0.39 is 0 Å². The average molecular weight is 267 g/mol. The minimum absolute atomic E-state index is 0.336. The molecule has 1 N–H and O–H groups in total. The standard InChI is InChI=1S/C17H17NO2/c1-2-6-15-12(4-1)8-14(15)10-18-9-13-5-3-7-16-17(13)20-11-19-16/h1-7,14,18H,8-11H2. The normalized spacial score (nSPS) is 18.5. The molecule has 1 aliphatic heterocycles. The van der Waals surface area contributed by atoms with Crippen LogP contribution < -0.4 is 14.8 Å². The number of benzene rings is 2. The topological polar surface area (TPSA) is 30.5 Å². The third kappa shape index (κ3) is 1.95. The maximum atomic E-state index is 5.52. The molecular formula is C17H17NO2. The highest BCUT2D eigenvalue weighted by Gasteiger charge is 2.25. The van der Waals surface area contributed by atoms with E-state index in [4.69, 9.17) is 9.47 Å². The predicted octanol–water partition coefficient (Wildman–Crippen LogP) is 2.84. The van der Waals surface area contributed by atoms with Crippen molar-refractivity contribution < 1.29 is 9.47 Å². The van der Waals surface area contributed by atoms with Crippen molar-refractivity contribution in [3.8, 4) is 11.5 Å². The van der Waals surface area contributed by atoms with Crippen molar-refractivity contribution in [3.05, 3.63) is 59.2 Å². The Kier molecular flexibility index (Phi) is 2.85. The second kappa shape index (κ2) is 4.84. The molecule has 2 aromatic rings. The van der Waals surface area contributed by atoms with E-state index in [2.05, 4.69) is 35.6 Å². The summed E-state index contributed by atoms with van der Waals surface area (Å²) < 4.78 is 10.9. The Morgan fingerprint density at radius 1 is 1.05 bits per heavy atom. The lowest BCUT2D eigenvalue weighted by Gasteiger charge is -2.30. The number of para-hydroxylation sites is 1. The Labute approximate surface area is 118 Å². The van der Waals surface area contributed by atoms with Gasteiger partial charge in [-0.25, -0.2) is 0 Å². The van der Waals surface area contributed by atoms with Gasteiger partial charge in [0.25, 0.3) is 0 Å². The van der Waals surface area contributed by atoms with Gasteiger partial charge in [-0.2, -0.15) is 0 Å². The highest BCUT2D eigenvalue weighted by molar-refractivity contribution is 5.48. The van der Waals surface area contributed by atoms with Gasteiger partial charge in [-0.1, -0.05) is 36.4 Å². The zero-order valence-corrected chi connectivity index (χ0v) is 11.3. The minimum Gasteiger partial charge on any atom is -0.454 e. The predicted molar refractivity (Wildman–Crippen MR) is 77.2 cm³/mol. The number of hydrogen-bond donors (Lipinski definition) is 1. The lowest BCUT2D eigenvalue weighted by Crippen LogP contribution is -2.28. The zero-order valence-electron chi connectivity index (χ0n) is 11.3. The molecule has 4 rings (SSSR count). The number of rotatable bonds is 4. The van der Waals surface area contributed by atoms with E-state index in [-0.39, 0.29) is 0 Å². The summed E-state index contributed by atoms with van der Waals surface area (Å²) in [6.07, 6.45) is 1.19. The quantitative estimate of drug-likeness (QED) is 0.924. The van der Waals surface area contributed by atoms with Gasteiger partial charge in [0, 0.05) is 24.6 Å². The molecule has 0 fully saturated rings. The summed E-state index contributed by atoms with van der Waals surface area (Å²) in [5, 5.41) is 3.54. The first-order chi connectivity index (χ1) is 9.92. The van der Waals surface area contributed by atoms with E-state index in [1.165, 1.54) is 23.1 Å². The van der Waals surface area contributed by atoms with Crippen LogP contribution in [0.15, 0.2) is 42.5 Å².